The normalized spacial score (nSPS) is 13.8. The zero-order chi connectivity index (χ0) is 28.2. The third kappa shape index (κ3) is 10.5. The summed E-state index contributed by atoms with van der Waals surface area (Å²) in [4.78, 5) is 59.5. The number of hydrogen-bond acceptors (Lipinski definition) is 14. The number of esters is 5. The Morgan fingerprint density at radius 1 is 0.763 bits per heavy atom. The van der Waals surface area contributed by atoms with Crippen molar-refractivity contribution in [2.75, 3.05) is 6.61 Å². The van der Waals surface area contributed by atoms with Crippen LogP contribution < -0.4 is 0 Å². The van der Waals surface area contributed by atoms with Gasteiger partial charge in [-0.25, -0.2) is 0 Å². The molecule has 0 fully saturated rings. The van der Waals surface area contributed by atoms with Crippen molar-refractivity contribution in [3.63, 3.8) is 0 Å². The van der Waals surface area contributed by atoms with E-state index in [1.54, 1.807) is 0 Å². The van der Waals surface area contributed by atoms with E-state index in [4.69, 9.17) is 23.7 Å². The predicted molar refractivity (Wildman–Crippen MR) is 134 cm³/mol. The lowest BCUT2D eigenvalue weighted by Gasteiger charge is -2.34. The van der Waals surface area contributed by atoms with Crippen LogP contribution >= 0.6 is 23.1 Å². The number of ether oxygens (including phenoxy) is 5. The molecule has 0 saturated carbocycles. The van der Waals surface area contributed by atoms with Crippen LogP contribution in [-0.2, 0) is 53.4 Å². The minimum Gasteiger partial charge on any atom is -0.462 e. The average Bonchev–Trinajstić information content (AvgIpc) is 3.30. The largest absolute Gasteiger partial charge is 0.462 e. The zero-order valence-corrected chi connectivity index (χ0v) is 23.0. The van der Waals surface area contributed by atoms with Gasteiger partial charge in [0.25, 0.3) is 0 Å². The van der Waals surface area contributed by atoms with Gasteiger partial charge in [0.1, 0.15) is 6.61 Å². The Balaban J connectivity index is 2.47. The molecule has 0 amide bonds. The molecule has 0 aliphatic heterocycles. The Morgan fingerprint density at radius 2 is 1.34 bits per heavy atom. The molecule has 38 heavy (non-hydrogen) atoms. The second-order valence-corrected chi connectivity index (χ2v) is 10.0. The van der Waals surface area contributed by atoms with E-state index in [9.17, 15) is 24.0 Å². The van der Waals surface area contributed by atoms with E-state index in [0.717, 1.165) is 51.5 Å². The molecule has 4 atom stereocenters. The van der Waals surface area contributed by atoms with Crippen molar-refractivity contribution in [1.29, 1.82) is 0 Å². The summed E-state index contributed by atoms with van der Waals surface area (Å²) in [5, 5.41) is 8.38. The molecule has 1 aromatic heterocycles. The van der Waals surface area contributed by atoms with Gasteiger partial charge in [0.05, 0.1) is 0 Å². The van der Waals surface area contributed by atoms with Gasteiger partial charge in [0.2, 0.25) is 0 Å². The lowest BCUT2D eigenvalue weighted by molar-refractivity contribution is -0.203. The monoisotopic (exact) mass is 568 g/mol. The third-order valence-electron chi connectivity index (χ3n) is 4.52. The van der Waals surface area contributed by atoms with Crippen molar-refractivity contribution in [3.8, 4) is 0 Å². The van der Waals surface area contributed by atoms with Crippen molar-refractivity contribution >= 4 is 52.9 Å². The average molecular weight is 569 g/mol. The second kappa shape index (κ2) is 15.0. The molecule has 0 bridgehead atoms. The van der Waals surface area contributed by atoms with Crippen LogP contribution in [0.25, 0.3) is 0 Å². The summed E-state index contributed by atoms with van der Waals surface area (Å²) >= 11 is 2.46. The van der Waals surface area contributed by atoms with Gasteiger partial charge in [-0.2, -0.15) is 0 Å². The van der Waals surface area contributed by atoms with Crippen LogP contribution in [0.1, 0.15) is 51.3 Å². The highest BCUT2D eigenvalue weighted by Gasteiger charge is 2.46. The molecule has 2 rings (SSSR count). The van der Waals surface area contributed by atoms with E-state index in [-0.39, 0.29) is 5.01 Å². The SMILES string of the molecule is CC(=O)OC[C@@H](OC(C)=O)[C@@H](OC(C)=O)[C@H](OC(C)=O)[C@H](OC(C)=O)c1nnc(SCc2ccccc2)s1. The summed E-state index contributed by atoms with van der Waals surface area (Å²) in [6.45, 7) is 5.00. The Bertz CT molecular complexity index is 1120. The molecular formula is C24H28N2O10S2. The summed E-state index contributed by atoms with van der Waals surface area (Å²) in [5.41, 5.74) is 1.05. The second-order valence-electron chi connectivity index (χ2n) is 7.81. The van der Waals surface area contributed by atoms with Crippen LogP contribution in [0.5, 0.6) is 0 Å². The Morgan fingerprint density at radius 3 is 1.89 bits per heavy atom. The van der Waals surface area contributed by atoms with Gasteiger partial charge in [-0.15, -0.1) is 10.2 Å². The quantitative estimate of drug-likeness (QED) is 0.197. The highest BCUT2D eigenvalue weighted by molar-refractivity contribution is 8.00. The van der Waals surface area contributed by atoms with E-state index in [1.807, 2.05) is 30.3 Å². The summed E-state index contributed by atoms with van der Waals surface area (Å²) < 4.78 is 27.0. The maximum absolute atomic E-state index is 12.1. The minimum atomic E-state index is -1.55. The van der Waals surface area contributed by atoms with Gasteiger partial charge in [0.15, 0.2) is 33.8 Å². The lowest BCUT2D eigenvalue weighted by atomic mass is 10.0. The van der Waals surface area contributed by atoms with Crippen LogP contribution in [0.3, 0.4) is 0 Å². The summed E-state index contributed by atoms with van der Waals surface area (Å²) in [6.07, 6.45) is -5.91. The van der Waals surface area contributed by atoms with Gasteiger partial charge >= 0.3 is 29.8 Å². The van der Waals surface area contributed by atoms with Gasteiger partial charge in [0, 0.05) is 40.4 Å². The van der Waals surface area contributed by atoms with Crippen molar-refractivity contribution in [2.24, 2.45) is 0 Å². The topological polar surface area (TPSA) is 157 Å². The smallest absolute Gasteiger partial charge is 0.303 e. The maximum Gasteiger partial charge on any atom is 0.303 e. The molecule has 0 saturated heterocycles. The fraction of sp³-hybridized carbons (Fsp3) is 0.458. The first-order valence-electron chi connectivity index (χ1n) is 11.3. The molecule has 2 aromatic rings. The first kappa shape index (κ1) is 30.7. The highest BCUT2D eigenvalue weighted by atomic mass is 32.2. The fourth-order valence-corrected chi connectivity index (χ4v) is 5.09. The molecule has 206 valence electrons. The van der Waals surface area contributed by atoms with E-state index in [0.29, 0.717) is 10.1 Å². The number of carbonyl (C=O) groups is 5. The third-order valence-corrected chi connectivity index (χ3v) is 6.71. The maximum atomic E-state index is 12.1. The van der Waals surface area contributed by atoms with Crippen LogP contribution in [-0.4, -0.2) is 65.0 Å². The van der Waals surface area contributed by atoms with Gasteiger partial charge < -0.3 is 23.7 Å². The molecule has 12 nitrogen and oxygen atoms in total. The van der Waals surface area contributed by atoms with E-state index >= 15 is 0 Å². The van der Waals surface area contributed by atoms with Crippen molar-refractivity contribution in [1.82, 2.24) is 10.2 Å². The number of benzene rings is 1. The predicted octanol–water partition coefficient (Wildman–Crippen LogP) is 2.79. The van der Waals surface area contributed by atoms with Crippen LogP contribution in [0.15, 0.2) is 34.7 Å². The minimum absolute atomic E-state index is 0.133. The molecule has 14 heteroatoms. The highest BCUT2D eigenvalue weighted by Crippen LogP contribution is 2.35. The zero-order valence-electron chi connectivity index (χ0n) is 21.4. The van der Waals surface area contributed by atoms with Crippen molar-refractivity contribution in [2.45, 2.75) is 69.1 Å². The molecular weight excluding hydrogens is 540 g/mol. The van der Waals surface area contributed by atoms with Gasteiger partial charge in [-0.05, 0) is 5.56 Å². The number of hydrogen-bond donors (Lipinski definition) is 0. The summed E-state index contributed by atoms with van der Waals surface area (Å²) in [5.74, 6) is -3.30. The van der Waals surface area contributed by atoms with Crippen molar-refractivity contribution in [3.05, 3.63) is 40.9 Å². The molecule has 1 aromatic carbocycles. The number of nitrogens with zero attached hydrogens (tertiary/aromatic N) is 2. The van der Waals surface area contributed by atoms with E-state index in [1.165, 1.54) is 11.8 Å². The van der Waals surface area contributed by atoms with Gasteiger partial charge in [-0.1, -0.05) is 53.4 Å². The molecule has 1 heterocycles. The standard InChI is InChI=1S/C24H28N2O10S2/c1-13(27)32-11-19(33-14(2)28)20(34-15(3)29)21(35-16(4)30)22(36-17(5)31)23-25-26-24(38-23)37-12-18-9-7-6-8-10-18/h6-10,19-22H,11-12H2,1-5H3/t19-,20-,21+,22+/m1/s1. The number of carbonyl (C=O) groups excluding carboxylic acids is 5. The van der Waals surface area contributed by atoms with Crippen LogP contribution in [0.2, 0.25) is 0 Å². The van der Waals surface area contributed by atoms with E-state index < -0.39 is 60.9 Å². The molecule has 0 radical (unpaired) electrons. The number of aromatic nitrogens is 2. The molecule has 0 unspecified atom stereocenters. The Kier molecular flexibility index (Phi) is 12.1. The fourth-order valence-electron chi connectivity index (χ4n) is 3.20. The molecule has 0 N–H and O–H groups in total. The van der Waals surface area contributed by atoms with Crippen molar-refractivity contribution < 1.29 is 47.7 Å². The lowest BCUT2D eigenvalue weighted by Crippen LogP contribution is -2.50. The summed E-state index contributed by atoms with van der Waals surface area (Å²) in [6, 6.07) is 9.63. The van der Waals surface area contributed by atoms with E-state index in [2.05, 4.69) is 10.2 Å². The van der Waals surface area contributed by atoms with Crippen LogP contribution in [0.4, 0.5) is 0 Å². The van der Waals surface area contributed by atoms with Crippen LogP contribution in [0, 0.1) is 0 Å². The first-order valence-corrected chi connectivity index (χ1v) is 13.1. The Hall–Kier alpha value is -3.52. The molecule has 0 aliphatic carbocycles. The molecule has 0 spiro atoms. The number of thioether (sulfide) groups is 1. The molecule has 0 aliphatic rings. The number of rotatable bonds is 13. The van der Waals surface area contributed by atoms with Gasteiger partial charge in [-0.3, -0.25) is 24.0 Å². The first-order chi connectivity index (χ1) is 18.0. The Labute approximate surface area is 227 Å². The summed E-state index contributed by atoms with van der Waals surface area (Å²) in [7, 11) is 0.